The Morgan fingerprint density at radius 2 is 1.70 bits per heavy atom. The lowest BCUT2D eigenvalue weighted by Crippen LogP contribution is -2.31. The highest BCUT2D eigenvalue weighted by molar-refractivity contribution is 5.91. The van der Waals surface area contributed by atoms with Crippen LogP contribution in [0.5, 0.6) is 0 Å². The van der Waals surface area contributed by atoms with Crippen molar-refractivity contribution in [3.63, 3.8) is 0 Å². The Morgan fingerprint density at radius 3 is 2.52 bits per heavy atom. The Balaban J connectivity index is 1.75. The van der Waals surface area contributed by atoms with Crippen LogP contribution in [-0.4, -0.2) is 6.03 Å². The number of carbonyl (C=O) groups excluding carboxylic acids is 1. The van der Waals surface area contributed by atoms with Gasteiger partial charge in [-0.15, -0.1) is 0 Å². The van der Waals surface area contributed by atoms with Crippen LogP contribution in [0.15, 0.2) is 66.7 Å². The van der Waals surface area contributed by atoms with Gasteiger partial charge < -0.3 is 10.6 Å². The summed E-state index contributed by atoms with van der Waals surface area (Å²) in [6, 6.07) is 21.9. The molecule has 0 aromatic heterocycles. The summed E-state index contributed by atoms with van der Waals surface area (Å²) in [5.41, 5.74) is 3.03. The zero-order valence-corrected chi connectivity index (χ0v) is 13.3. The number of aryl methyl sites for hydroxylation is 1. The fourth-order valence-corrected chi connectivity index (χ4v) is 2.79. The van der Waals surface area contributed by atoms with Crippen molar-refractivity contribution in [2.24, 2.45) is 0 Å². The molecule has 3 rings (SSSR count). The van der Waals surface area contributed by atoms with Crippen molar-refractivity contribution in [1.29, 1.82) is 0 Å². The molecule has 0 spiro atoms. The zero-order chi connectivity index (χ0) is 16.2. The number of amides is 2. The second kappa shape index (κ2) is 6.53. The molecule has 0 aliphatic rings. The van der Waals surface area contributed by atoms with Gasteiger partial charge in [0, 0.05) is 5.69 Å². The van der Waals surface area contributed by atoms with Crippen LogP contribution < -0.4 is 10.6 Å². The van der Waals surface area contributed by atoms with E-state index in [0.717, 1.165) is 16.8 Å². The number of fused-ring (bicyclic) bond motifs is 1. The molecule has 0 fully saturated rings. The molecule has 1 unspecified atom stereocenters. The molecule has 0 bridgehead atoms. The highest BCUT2D eigenvalue weighted by atomic mass is 16.2. The monoisotopic (exact) mass is 304 g/mol. The van der Waals surface area contributed by atoms with Crippen molar-refractivity contribution in [2.75, 3.05) is 5.32 Å². The lowest BCUT2D eigenvalue weighted by atomic mass is 10.00. The fraction of sp³-hybridized carbons (Fsp3) is 0.150. The van der Waals surface area contributed by atoms with Crippen molar-refractivity contribution in [1.82, 2.24) is 5.32 Å². The molecular weight excluding hydrogens is 284 g/mol. The molecular formula is C20H20N2O. The summed E-state index contributed by atoms with van der Waals surface area (Å²) in [5.74, 6) is 0. The molecule has 3 aromatic carbocycles. The molecule has 0 aliphatic heterocycles. The largest absolute Gasteiger partial charge is 0.331 e. The molecule has 1 atom stereocenters. The van der Waals surface area contributed by atoms with Crippen molar-refractivity contribution in [2.45, 2.75) is 19.9 Å². The number of urea groups is 1. The predicted molar refractivity (Wildman–Crippen MR) is 95.7 cm³/mol. The van der Waals surface area contributed by atoms with Gasteiger partial charge in [0.05, 0.1) is 6.04 Å². The van der Waals surface area contributed by atoms with Gasteiger partial charge in [-0.1, -0.05) is 54.6 Å². The van der Waals surface area contributed by atoms with E-state index >= 15 is 0 Å². The summed E-state index contributed by atoms with van der Waals surface area (Å²) in [4.78, 5) is 12.2. The van der Waals surface area contributed by atoms with E-state index in [1.165, 1.54) is 10.8 Å². The standard InChI is InChI=1S/C20H20N2O/c1-14-7-5-10-17(13-14)22-20(23)21-15(2)18-12-6-9-16-8-3-4-11-19(16)18/h3-13,15H,1-2H3,(H2,21,22,23). The smallest absolute Gasteiger partial charge is 0.319 e. The quantitative estimate of drug-likeness (QED) is 0.700. The van der Waals surface area contributed by atoms with Crippen LogP contribution in [0.2, 0.25) is 0 Å². The third kappa shape index (κ3) is 3.51. The van der Waals surface area contributed by atoms with Gasteiger partial charge in [-0.25, -0.2) is 4.79 Å². The van der Waals surface area contributed by atoms with Gasteiger partial charge in [0.15, 0.2) is 0 Å². The van der Waals surface area contributed by atoms with Crippen LogP contribution in [0, 0.1) is 6.92 Å². The van der Waals surface area contributed by atoms with E-state index in [-0.39, 0.29) is 12.1 Å². The second-order valence-electron chi connectivity index (χ2n) is 5.76. The molecule has 0 saturated heterocycles. The van der Waals surface area contributed by atoms with Gasteiger partial charge in [-0.2, -0.15) is 0 Å². The summed E-state index contributed by atoms with van der Waals surface area (Å²) in [5, 5.41) is 8.23. The second-order valence-corrected chi connectivity index (χ2v) is 5.76. The number of nitrogens with one attached hydrogen (secondary N) is 2. The van der Waals surface area contributed by atoms with E-state index < -0.39 is 0 Å². The first kappa shape index (κ1) is 15.1. The third-order valence-electron chi connectivity index (χ3n) is 3.91. The minimum absolute atomic E-state index is 0.0779. The van der Waals surface area contributed by atoms with E-state index in [4.69, 9.17) is 0 Å². The molecule has 116 valence electrons. The molecule has 0 saturated carbocycles. The third-order valence-corrected chi connectivity index (χ3v) is 3.91. The van der Waals surface area contributed by atoms with E-state index in [9.17, 15) is 4.79 Å². The number of hydrogen-bond acceptors (Lipinski definition) is 1. The normalized spacial score (nSPS) is 11.9. The first-order chi connectivity index (χ1) is 11.1. The Labute approximate surface area is 136 Å². The van der Waals surface area contributed by atoms with E-state index in [0.29, 0.717) is 0 Å². The summed E-state index contributed by atoms with van der Waals surface area (Å²) < 4.78 is 0. The van der Waals surface area contributed by atoms with Gasteiger partial charge in [0.1, 0.15) is 0 Å². The summed E-state index contributed by atoms with van der Waals surface area (Å²) in [6.45, 7) is 4.00. The maximum absolute atomic E-state index is 12.2. The van der Waals surface area contributed by atoms with Crippen LogP contribution in [0.25, 0.3) is 10.8 Å². The SMILES string of the molecule is Cc1cccc(NC(=O)NC(C)c2cccc3ccccc23)c1. The van der Waals surface area contributed by atoms with E-state index in [1.54, 1.807) is 0 Å². The number of benzene rings is 3. The molecule has 0 radical (unpaired) electrons. The molecule has 23 heavy (non-hydrogen) atoms. The minimum Gasteiger partial charge on any atom is -0.331 e. The van der Waals surface area contributed by atoms with Crippen molar-refractivity contribution in [3.8, 4) is 0 Å². The summed E-state index contributed by atoms with van der Waals surface area (Å²) >= 11 is 0. The van der Waals surface area contributed by atoms with Crippen LogP contribution in [0.4, 0.5) is 10.5 Å². The van der Waals surface area contributed by atoms with Crippen LogP contribution in [0.1, 0.15) is 24.1 Å². The number of rotatable bonds is 3. The van der Waals surface area contributed by atoms with Crippen molar-refractivity contribution in [3.05, 3.63) is 77.9 Å². The maximum atomic E-state index is 12.2. The van der Waals surface area contributed by atoms with Gasteiger partial charge in [0.25, 0.3) is 0 Å². The van der Waals surface area contributed by atoms with Gasteiger partial charge in [-0.3, -0.25) is 0 Å². The molecule has 0 heterocycles. The van der Waals surface area contributed by atoms with Gasteiger partial charge in [-0.05, 0) is 47.9 Å². The number of hydrogen-bond donors (Lipinski definition) is 2. The lowest BCUT2D eigenvalue weighted by Gasteiger charge is -2.17. The van der Waals surface area contributed by atoms with E-state index in [2.05, 4.69) is 34.9 Å². The lowest BCUT2D eigenvalue weighted by molar-refractivity contribution is 0.249. The van der Waals surface area contributed by atoms with Gasteiger partial charge >= 0.3 is 6.03 Å². The fourth-order valence-electron chi connectivity index (χ4n) is 2.79. The molecule has 3 aromatic rings. The topological polar surface area (TPSA) is 41.1 Å². The van der Waals surface area contributed by atoms with Crippen LogP contribution in [0.3, 0.4) is 0 Å². The van der Waals surface area contributed by atoms with E-state index in [1.807, 2.05) is 56.3 Å². The first-order valence-corrected chi connectivity index (χ1v) is 7.75. The Hall–Kier alpha value is -2.81. The maximum Gasteiger partial charge on any atom is 0.319 e. The van der Waals surface area contributed by atoms with Gasteiger partial charge in [0.2, 0.25) is 0 Å². The number of anilines is 1. The first-order valence-electron chi connectivity index (χ1n) is 7.75. The van der Waals surface area contributed by atoms with Crippen molar-refractivity contribution >= 4 is 22.5 Å². The highest BCUT2D eigenvalue weighted by Gasteiger charge is 2.12. The average Bonchev–Trinajstić information content (AvgIpc) is 2.54. The average molecular weight is 304 g/mol. The summed E-state index contributed by atoms with van der Waals surface area (Å²) in [6.07, 6.45) is 0. The highest BCUT2D eigenvalue weighted by Crippen LogP contribution is 2.24. The molecule has 2 N–H and O–H groups in total. The van der Waals surface area contributed by atoms with Crippen molar-refractivity contribution < 1.29 is 4.79 Å². The Kier molecular flexibility index (Phi) is 4.29. The predicted octanol–water partition coefficient (Wildman–Crippen LogP) is 5.03. The zero-order valence-electron chi connectivity index (χ0n) is 13.3. The molecule has 0 aliphatic carbocycles. The van der Waals surface area contributed by atoms with Crippen LogP contribution >= 0.6 is 0 Å². The molecule has 3 nitrogen and oxygen atoms in total. The number of carbonyl (C=O) groups is 1. The van der Waals surface area contributed by atoms with Crippen LogP contribution in [-0.2, 0) is 0 Å². The minimum atomic E-state index is -0.198. The summed E-state index contributed by atoms with van der Waals surface area (Å²) in [7, 11) is 0. The molecule has 3 heteroatoms. The Morgan fingerprint density at radius 1 is 0.957 bits per heavy atom. The molecule has 2 amide bonds. The Bertz CT molecular complexity index is 836.